The van der Waals surface area contributed by atoms with Crippen molar-refractivity contribution < 1.29 is 52.5 Å². The highest BCUT2D eigenvalue weighted by Crippen LogP contribution is 2.17. The van der Waals surface area contributed by atoms with Crippen LogP contribution in [0, 0.1) is 0 Å². The summed E-state index contributed by atoms with van der Waals surface area (Å²) in [4.78, 5) is 109. The van der Waals surface area contributed by atoms with Gasteiger partial charge in [-0.05, 0) is 103 Å². The summed E-state index contributed by atoms with van der Waals surface area (Å²) in [7, 11) is 6.24. The quantitative estimate of drug-likeness (QED) is 0.0593. The number of nitrogens with zero attached hydrogens (tertiary/aromatic N) is 7. The van der Waals surface area contributed by atoms with Crippen LogP contribution >= 0.6 is 0 Å². The van der Waals surface area contributed by atoms with Gasteiger partial charge in [0.25, 0.3) is 0 Å². The number of hydrogen-bond donors (Lipinski definition) is 3. The Hall–Kier alpha value is -7.75. The number of carbonyl (C=O) groups is 7. The van der Waals surface area contributed by atoms with Crippen LogP contribution in [0.2, 0.25) is 0 Å². The number of amides is 7. The van der Waals surface area contributed by atoms with Crippen molar-refractivity contribution in [2.45, 2.75) is 39.5 Å². The van der Waals surface area contributed by atoms with Gasteiger partial charge in [-0.3, -0.25) is 33.6 Å². The number of likely N-dealkylation sites (N-methyl/N-ethyl adjacent to an activating group) is 1. The zero-order valence-corrected chi connectivity index (χ0v) is 46.9. The first-order chi connectivity index (χ1) is 38.1. The first-order valence-electron chi connectivity index (χ1n) is 26.6. The summed E-state index contributed by atoms with van der Waals surface area (Å²) < 4.78 is 21.3. The van der Waals surface area contributed by atoms with Gasteiger partial charge in [-0.1, -0.05) is 48.5 Å². The number of methoxy groups -OCH3 is 4. The van der Waals surface area contributed by atoms with Gasteiger partial charge >= 0.3 is 0 Å². The van der Waals surface area contributed by atoms with E-state index < -0.39 is 55.7 Å². The highest BCUT2D eigenvalue weighted by atomic mass is 16.5. The normalized spacial score (nSPS) is 10.7. The molecule has 4 aromatic rings. The van der Waals surface area contributed by atoms with E-state index in [-0.39, 0.29) is 83.8 Å². The maximum absolute atomic E-state index is 14.7. The topological polar surface area (TPSA) is 257 Å². The van der Waals surface area contributed by atoms with E-state index in [0.717, 1.165) is 22.3 Å². The van der Waals surface area contributed by atoms with Crippen LogP contribution in [-0.2, 0) is 59.2 Å². The molecule has 0 aromatic heterocycles. The van der Waals surface area contributed by atoms with Crippen LogP contribution in [0.15, 0.2) is 97.1 Å². The van der Waals surface area contributed by atoms with Crippen molar-refractivity contribution in [3.8, 4) is 23.0 Å². The molecule has 0 radical (unpaired) electrons. The SMILES string of the molecule is CCN(CCN)C(=O)CN(CCc1ccc(OC)cc1)C(=O)CN(CCc1ccc(OC)cc1)C(=O)CN(CCN)C(=O)CN(CCc1ccc(OC)cc1)C(=O)CN(CCc1ccc(OC)cc1)C(=O)CN(CCN)C(C)=O. The second-order valence-corrected chi connectivity index (χ2v) is 18.7. The van der Waals surface area contributed by atoms with Crippen molar-refractivity contribution in [1.29, 1.82) is 0 Å². The summed E-state index contributed by atoms with van der Waals surface area (Å²) in [6, 6.07) is 29.2. The van der Waals surface area contributed by atoms with Crippen LogP contribution in [0.25, 0.3) is 0 Å². The first-order valence-corrected chi connectivity index (χ1v) is 26.6. The Kier molecular flexibility index (Phi) is 27.6. The summed E-state index contributed by atoms with van der Waals surface area (Å²) in [5.74, 6) is -0.763. The molecule has 4 aromatic carbocycles. The second-order valence-electron chi connectivity index (χ2n) is 18.7. The molecule has 0 aliphatic rings. The number of hydrogen-bond acceptors (Lipinski definition) is 14. The third-order valence-electron chi connectivity index (χ3n) is 13.4. The van der Waals surface area contributed by atoms with Gasteiger partial charge in [0.05, 0.1) is 67.7 Å². The fraction of sp³-hybridized carbons (Fsp3) is 0.466. The molecule has 0 atom stereocenters. The lowest BCUT2D eigenvalue weighted by Gasteiger charge is -2.32. The maximum atomic E-state index is 14.7. The zero-order chi connectivity index (χ0) is 57.7. The van der Waals surface area contributed by atoms with Gasteiger partial charge in [-0.15, -0.1) is 0 Å². The van der Waals surface area contributed by atoms with Gasteiger partial charge in [0.2, 0.25) is 41.4 Å². The van der Waals surface area contributed by atoms with Gasteiger partial charge < -0.3 is 70.4 Å². The maximum Gasteiger partial charge on any atom is 0.242 e. The molecule has 0 heterocycles. The van der Waals surface area contributed by atoms with Gasteiger partial charge in [0.15, 0.2) is 0 Å². The van der Waals surface area contributed by atoms with Crippen molar-refractivity contribution in [1.82, 2.24) is 34.3 Å². The van der Waals surface area contributed by atoms with E-state index in [1.807, 2.05) is 67.6 Å². The van der Waals surface area contributed by atoms with Gasteiger partial charge in [0.1, 0.15) is 23.0 Å². The van der Waals surface area contributed by atoms with Crippen molar-refractivity contribution in [3.05, 3.63) is 119 Å². The molecule has 21 nitrogen and oxygen atoms in total. The number of nitrogens with two attached hydrogens (primary N) is 3. The third kappa shape index (κ3) is 21.5. The number of benzene rings is 4. The van der Waals surface area contributed by atoms with Crippen LogP contribution in [0.5, 0.6) is 23.0 Å². The van der Waals surface area contributed by atoms with Crippen LogP contribution in [0.3, 0.4) is 0 Å². The summed E-state index contributed by atoms with van der Waals surface area (Å²) in [5, 5.41) is 0. The molecule has 79 heavy (non-hydrogen) atoms. The predicted molar refractivity (Wildman–Crippen MR) is 301 cm³/mol. The standard InChI is InChI=1S/C58H82N10O11/c1-7-62(35-28-59)53(70)39-64(31-24-45-8-16-49(76-3)17-9-45)55(72)41-66(33-26-47-12-20-51(78-5)21-13-47)57(74)43-68(37-30-61)58(75)42-67(34-27-48-14-22-52(79-6)23-15-48)56(73)40-65(54(71)38-63(36-29-60)44(2)69)32-25-46-10-18-50(77-4)19-11-46/h8-23H,7,24-43,59-61H2,1-6H3. The Morgan fingerprint density at radius 1 is 0.329 bits per heavy atom. The molecule has 7 amide bonds. The summed E-state index contributed by atoms with van der Waals surface area (Å²) in [6.45, 7) is 2.18. The molecule has 0 fully saturated rings. The molecule has 0 bridgehead atoms. The zero-order valence-electron chi connectivity index (χ0n) is 46.9. The molecule has 6 N–H and O–H groups in total. The molecule has 0 unspecified atom stereocenters. The molecule has 430 valence electrons. The lowest BCUT2D eigenvalue weighted by molar-refractivity contribution is -0.148. The van der Waals surface area contributed by atoms with Gasteiger partial charge in [-0.2, -0.15) is 0 Å². The number of carbonyl (C=O) groups excluding carboxylic acids is 7. The molecular weight excluding hydrogens is 1010 g/mol. The minimum Gasteiger partial charge on any atom is -0.497 e. The van der Waals surface area contributed by atoms with Crippen molar-refractivity contribution in [2.75, 3.05) is 140 Å². The van der Waals surface area contributed by atoms with E-state index in [1.54, 1.807) is 69.7 Å². The highest BCUT2D eigenvalue weighted by Gasteiger charge is 2.30. The van der Waals surface area contributed by atoms with Crippen LogP contribution in [-0.4, -0.2) is 215 Å². The van der Waals surface area contributed by atoms with Crippen LogP contribution in [0.4, 0.5) is 0 Å². The van der Waals surface area contributed by atoms with Crippen LogP contribution < -0.4 is 36.1 Å². The van der Waals surface area contributed by atoms with Crippen LogP contribution in [0.1, 0.15) is 36.1 Å². The Balaban J connectivity index is 1.66. The number of ether oxygens (including phenoxy) is 4. The van der Waals surface area contributed by atoms with Crippen molar-refractivity contribution >= 4 is 41.4 Å². The Morgan fingerprint density at radius 2 is 0.532 bits per heavy atom. The average Bonchev–Trinajstić information content (AvgIpc) is 3.46. The number of rotatable bonds is 35. The minimum atomic E-state index is -0.601. The van der Waals surface area contributed by atoms with Crippen molar-refractivity contribution in [3.63, 3.8) is 0 Å². The van der Waals surface area contributed by atoms with E-state index in [1.165, 1.54) is 36.3 Å². The molecule has 0 spiro atoms. The van der Waals surface area contributed by atoms with Crippen molar-refractivity contribution in [2.24, 2.45) is 17.2 Å². The van der Waals surface area contributed by atoms with E-state index in [2.05, 4.69) is 0 Å². The molecule has 4 rings (SSSR count). The van der Waals surface area contributed by atoms with Gasteiger partial charge in [-0.25, -0.2) is 0 Å². The first kappa shape index (κ1) is 63.8. The molecular formula is C58H82N10O11. The van der Waals surface area contributed by atoms with E-state index in [9.17, 15) is 33.6 Å². The lowest BCUT2D eigenvalue weighted by Crippen LogP contribution is -2.53. The van der Waals surface area contributed by atoms with E-state index in [4.69, 9.17) is 36.1 Å². The molecule has 0 aliphatic heterocycles. The second kappa shape index (κ2) is 34.2. The molecule has 0 aliphatic carbocycles. The molecule has 0 saturated carbocycles. The lowest BCUT2D eigenvalue weighted by atomic mass is 10.1. The highest BCUT2D eigenvalue weighted by molar-refractivity contribution is 5.93. The fourth-order valence-corrected chi connectivity index (χ4v) is 8.54. The third-order valence-corrected chi connectivity index (χ3v) is 13.4. The summed E-state index contributed by atoms with van der Waals surface area (Å²) in [6.07, 6.45) is 1.40. The predicted octanol–water partition coefficient (Wildman–Crippen LogP) is 1.71. The summed E-state index contributed by atoms with van der Waals surface area (Å²) >= 11 is 0. The molecule has 21 heteroatoms. The fourth-order valence-electron chi connectivity index (χ4n) is 8.54. The van der Waals surface area contributed by atoms with E-state index in [0.29, 0.717) is 61.8 Å². The Labute approximate surface area is 465 Å². The average molecular weight is 1100 g/mol. The van der Waals surface area contributed by atoms with E-state index >= 15 is 0 Å². The largest absolute Gasteiger partial charge is 0.497 e. The minimum absolute atomic E-state index is 0.0370. The smallest absolute Gasteiger partial charge is 0.242 e. The Morgan fingerprint density at radius 3 is 0.747 bits per heavy atom. The summed E-state index contributed by atoms with van der Waals surface area (Å²) in [5.41, 5.74) is 21.2. The monoisotopic (exact) mass is 1090 g/mol. The Bertz CT molecular complexity index is 2530. The van der Waals surface area contributed by atoms with Gasteiger partial charge in [0, 0.05) is 78.9 Å². The molecule has 0 saturated heterocycles.